The van der Waals surface area contributed by atoms with Crippen LogP contribution in [0.4, 0.5) is 4.79 Å². The first-order valence-electron chi connectivity index (χ1n) is 15.1. The molecule has 0 radical (unpaired) electrons. The Bertz CT molecular complexity index is 1370. The van der Waals surface area contributed by atoms with E-state index in [2.05, 4.69) is 15.6 Å². The summed E-state index contributed by atoms with van der Waals surface area (Å²) in [6.07, 6.45) is 4.71. The molecule has 0 aromatic carbocycles. The number of urea groups is 1. The van der Waals surface area contributed by atoms with E-state index < -0.39 is 58.9 Å². The van der Waals surface area contributed by atoms with Crippen LogP contribution in [-0.2, 0) is 23.9 Å². The van der Waals surface area contributed by atoms with Gasteiger partial charge in [0.2, 0.25) is 40.7 Å². The molecule has 10 N–H and O–H groups in total. The first-order chi connectivity index (χ1) is 20.5. The molecular formula is C27H38N10O6. The van der Waals surface area contributed by atoms with Gasteiger partial charge in [-0.15, -0.1) is 0 Å². The smallest absolute Gasteiger partial charge is 0.327 e. The molecule has 5 heterocycles. The van der Waals surface area contributed by atoms with Crippen molar-refractivity contribution in [1.29, 1.82) is 0 Å². The van der Waals surface area contributed by atoms with Gasteiger partial charge in [0.05, 0.1) is 6.04 Å². The lowest BCUT2D eigenvalue weighted by Gasteiger charge is -2.76. The van der Waals surface area contributed by atoms with Crippen molar-refractivity contribution in [2.45, 2.75) is 106 Å². The number of rotatable bonds is 18. The molecule has 1 saturated carbocycles. The Labute approximate surface area is 247 Å². The van der Waals surface area contributed by atoms with Crippen LogP contribution in [0, 0.1) is 5.92 Å². The number of hydrogen-bond donors (Lipinski definition) is 6. The highest BCUT2D eigenvalue weighted by atomic mass is 16.8. The number of nitrogens with two attached hydrogens (primary N) is 4. The zero-order valence-electron chi connectivity index (χ0n) is 24.0. The van der Waals surface area contributed by atoms with Gasteiger partial charge in [-0.2, -0.15) is 0 Å². The zero-order valence-corrected chi connectivity index (χ0v) is 24.0. The Balaban J connectivity index is 0.989. The number of allylic oxidation sites excluding steroid dienone is 2. The number of likely N-dealkylation sites (tertiary alicyclic amines) is 1. The van der Waals surface area contributed by atoms with Crippen molar-refractivity contribution < 1.29 is 28.7 Å². The second-order valence-electron chi connectivity index (χ2n) is 12.6. The highest BCUT2D eigenvalue weighted by molar-refractivity contribution is 6.00. The third-order valence-electron chi connectivity index (χ3n) is 10.2. The standard InChI is InChI=1S/C27H38N10O6/c1-2-3-6-17(37-26-25(27(26,37)43-26)35-19(36(25)24(35)42)11-14-12-10-13(12)14)22(41)34-16(7-8-18(28)38)21(40)33-15(20(29)39)5-4-9-32-23(30)31/h14-17,19H,2-11H2,1H3,(H2,28,38)(H2,29,39)(H,33,40)(H,34,41)(H4,30,31,32)/t15-,16-,17-,19?,25?,26-,27?,37?/m0/s1. The summed E-state index contributed by atoms with van der Waals surface area (Å²) < 4.78 is 5.95. The van der Waals surface area contributed by atoms with Gasteiger partial charge in [0.15, 0.2) is 5.96 Å². The second kappa shape index (κ2) is 9.05. The Kier molecular flexibility index (Phi) is 5.87. The molecular weight excluding hydrogens is 560 g/mol. The number of guanidine groups is 1. The normalized spacial score (nSPS) is 34.4. The molecule has 5 aliphatic heterocycles. The molecule has 6 amide bonds. The highest BCUT2D eigenvalue weighted by Gasteiger charge is 3.33. The van der Waals surface area contributed by atoms with Crippen LogP contribution in [0.15, 0.2) is 16.1 Å². The molecule has 8 aliphatic rings. The van der Waals surface area contributed by atoms with E-state index in [1.165, 1.54) is 0 Å². The van der Waals surface area contributed by atoms with Crippen LogP contribution in [-0.4, -0.2) is 98.3 Å². The molecule has 0 aromatic heterocycles. The van der Waals surface area contributed by atoms with Gasteiger partial charge in [-0.3, -0.25) is 34.0 Å². The zero-order chi connectivity index (χ0) is 30.6. The van der Waals surface area contributed by atoms with Crippen LogP contribution >= 0.6 is 0 Å². The topological polar surface area (TPSA) is 248 Å². The Morgan fingerprint density at radius 3 is 2.16 bits per heavy atom. The van der Waals surface area contributed by atoms with Crippen molar-refractivity contribution in [3.05, 3.63) is 11.1 Å². The van der Waals surface area contributed by atoms with Crippen molar-refractivity contribution >= 4 is 35.6 Å². The number of unbranched alkanes of at least 4 members (excludes halogenated alkanes) is 1. The van der Waals surface area contributed by atoms with Gasteiger partial charge in [-0.05, 0) is 38.5 Å². The van der Waals surface area contributed by atoms with Crippen LogP contribution in [0.5, 0.6) is 0 Å². The predicted octanol–water partition coefficient (Wildman–Crippen LogP) is -2.43. The molecule has 0 aromatic rings. The lowest BCUT2D eigenvalue weighted by molar-refractivity contribution is -0.379. The molecule has 1 spiro atoms. The van der Waals surface area contributed by atoms with Crippen molar-refractivity contribution in [3.63, 3.8) is 0 Å². The molecule has 6 fully saturated rings. The molecule has 16 nitrogen and oxygen atoms in total. The van der Waals surface area contributed by atoms with Crippen molar-refractivity contribution in [2.24, 2.45) is 33.8 Å². The van der Waals surface area contributed by atoms with E-state index in [1.807, 2.05) is 21.6 Å². The highest BCUT2D eigenvalue weighted by Crippen LogP contribution is 3.03. The minimum atomic E-state index is -1.13. The van der Waals surface area contributed by atoms with Crippen molar-refractivity contribution in [2.75, 3.05) is 6.54 Å². The van der Waals surface area contributed by atoms with E-state index in [4.69, 9.17) is 27.7 Å². The van der Waals surface area contributed by atoms with Crippen LogP contribution in [0.1, 0.15) is 64.7 Å². The molecule has 2 unspecified atom stereocenters. The number of aliphatic imine (C=N–C) groups is 1. The van der Waals surface area contributed by atoms with Crippen molar-refractivity contribution in [3.8, 4) is 0 Å². The SMILES string of the molecule is CCCC[C@@H](C(=O)N[C@@H](CCC(N)=O)C(=O)N[C@@H](CCCN=C(N)N)C(N)=O)N1C23O[C@]12C31N2C(=O)N1C2CC1C2=C1C2. The summed E-state index contributed by atoms with van der Waals surface area (Å²) in [5.74, 6) is -1.94. The summed E-state index contributed by atoms with van der Waals surface area (Å²) in [5, 5.41) is 5.38. The number of ether oxygens (including phenoxy) is 1. The number of nitrogens with one attached hydrogen (secondary N) is 2. The number of epoxide rings is 1. The molecule has 5 saturated heterocycles. The van der Waals surface area contributed by atoms with E-state index in [1.54, 1.807) is 11.1 Å². The van der Waals surface area contributed by atoms with Gasteiger partial charge >= 0.3 is 6.03 Å². The fourth-order valence-corrected chi connectivity index (χ4v) is 7.68. The van der Waals surface area contributed by atoms with Crippen LogP contribution in [0.25, 0.3) is 0 Å². The first-order valence-corrected chi connectivity index (χ1v) is 15.1. The van der Waals surface area contributed by atoms with Gasteiger partial charge in [0.25, 0.3) is 0 Å². The molecule has 232 valence electrons. The maximum atomic E-state index is 13.7. The number of carbonyl (C=O) groups is 5. The fraction of sp³-hybridized carbons (Fsp3) is 0.704. The van der Waals surface area contributed by atoms with Crippen molar-refractivity contribution in [1.82, 2.24) is 25.3 Å². The molecule has 2 bridgehead atoms. The Morgan fingerprint density at radius 2 is 1.65 bits per heavy atom. The summed E-state index contributed by atoms with van der Waals surface area (Å²) in [5.41, 5.74) is 22.8. The molecule has 43 heavy (non-hydrogen) atoms. The Morgan fingerprint density at radius 1 is 0.977 bits per heavy atom. The number of carbonyl (C=O) groups excluding carboxylic acids is 5. The van der Waals surface area contributed by atoms with Gasteiger partial charge in [-0.25, -0.2) is 9.69 Å². The Hall–Kier alpha value is -3.92. The number of primary amides is 2. The summed E-state index contributed by atoms with van der Waals surface area (Å²) in [6, 6.07) is -2.73. The average molecular weight is 599 g/mol. The maximum Gasteiger partial charge on any atom is 0.327 e. The monoisotopic (exact) mass is 598 g/mol. The number of nitrogens with zero attached hydrogens (tertiary/aromatic N) is 4. The lowest BCUT2D eigenvalue weighted by atomic mass is 9.87. The maximum absolute atomic E-state index is 13.7. The predicted molar refractivity (Wildman–Crippen MR) is 148 cm³/mol. The average Bonchev–Trinajstić information content (AvgIpc) is 3.72. The third-order valence-corrected chi connectivity index (χ3v) is 10.2. The number of amides is 6. The van der Waals surface area contributed by atoms with Gasteiger partial charge in [0.1, 0.15) is 18.2 Å². The summed E-state index contributed by atoms with van der Waals surface area (Å²) >= 11 is 0. The van der Waals surface area contributed by atoms with Gasteiger partial charge in [-0.1, -0.05) is 30.9 Å². The van der Waals surface area contributed by atoms with Gasteiger partial charge in [0, 0.05) is 18.9 Å². The summed E-state index contributed by atoms with van der Waals surface area (Å²) in [6.45, 7) is 2.26. The summed E-state index contributed by atoms with van der Waals surface area (Å²) in [7, 11) is 0. The molecule has 6 atom stereocenters. The summed E-state index contributed by atoms with van der Waals surface area (Å²) in [4.78, 5) is 72.8. The first kappa shape index (κ1) is 27.9. The molecule has 8 rings (SSSR count). The molecule has 3 aliphatic carbocycles. The minimum absolute atomic E-state index is 0.0172. The van der Waals surface area contributed by atoms with Gasteiger partial charge < -0.3 is 38.3 Å². The third kappa shape index (κ3) is 3.50. The van der Waals surface area contributed by atoms with E-state index in [0.717, 1.165) is 25.7 Å². The quantitative estimate of drug-likeness (QED) is 0.0322. The van der Waals surface area contributed by atoms with E-state index in [9.17, 15) is 24.0 Å². The second-order valence-corrected chi connectivity index (χ2v) is 12.6. The van der Waals surface area contributed by atoms with Crippen LogP contribution in [0.2, 0.25) is 0 Å². The minimum Gasteiger partial charge on any atom is -0.370 e. The van der Waals surface area contributed by atoms with Crippen LogP contribution < -0.4 is 33.6 Å². The van der Waals surface area contributed by atoms with Crippen LogP contribution in [0.3, 0.4) is 0 Å². The largest absolute Gasteiger partial charge is 0.370 e. The lowest BCUT2D eigenvalue weighted by Crippen LogP contribution is -2.99. The van der Waals surface area contributed by atoms with E-state index in [0.29, 0.717) is 18.8 Å². The fourth-order valence-electron chi connectivity index (χ4n) is 7.68. The van der Waals surface area contributed by atoms with E-state index in [-0.39, 0.29) is 44.0 Å². The number of hydrogen-bond acceptors (Lipinski definition) is 8. The molecule has 16 heteroatoms. The van der Waals surface area contributed by atoms with E-state index >= 15 is 0 Å².